The molecule has 0 spiro atoms. The predicted molar refractivity (Wildman–Crippen MR) is 142 cm³/mol. The minimum atomic E-state index is -0.0864. The van der Waals surface area contributed by atoms with E-state index in [9.17, 15) is 4.79 Å². The van der Waals surface area contributed by atoms with Crippen LogP contribution in [-0.4, -0.2) is 46.8 Å². The van der Waals surface area contributed by atoms with Gasteiger partial charge in [-0.05, 0) is 36.1 Å². The van der Waals surface area contributed by atoms with Gasteiger partial charge in [0.15, 0.2) is 0 Å². The lowest BCUT2D eigenvalue weighted by Gasteiger charge is -2.32. The third-order valence-electron chi connectivity index (χ3n) is 6.73. The van der Waals surface area contributed by atoms with Crippen molar-refractivity contribution < 1.29 is 9.53 Å². The Morgan fingerprint density at radius 3 is 2.17 bits per heavy atom. The molecule has 0 atom stereocenters. The summed E-state index contributed by atoms with van der Waals surface area (Å²) in [5.74, 6) is 0.613. The number of para-hydroxylation sites is 1. The molecule has 1 aliphatic heterocycles. The standard InChI is InChI=1S/C30H32N4O2/c1-36-28-15-9-8-14-26(28)29-27(22-34(32-29)21-24-12-6-3-7-13-24)30(35)31-25-16-18-33(19-17-25)20-23-10-4-2-5-11-23/h2-15,22,25H,16-21H2,1H3,(H,31,35). The minimum Gasteiger partial charge on any atom is -0.496 e. The van der Waals surface area contributed by atoms with Gasteiger partial charge in [0.25, 0.3) is 5.91 Å². The first-order chi connectivity index (χ1) is 17.7. The number of methoxy groups -OCH3 is 1. The Hall–Kier alpha value is -3.90. The molecule has 1 N–H and O–H groups in total. The van der Waals surface area contributed by atoms with E-state index in [2.05, 4.69) is 46.6 Å². The molecule has 0 bridgehead atoms. The molecule has 0 saturated carbocycles. The Balaban J connectivity index is 1.32. The highest BCUT2D eigenvalue weighted by atomic mass is 16.5. The number of hydrogen-bond acceptors (Lipinski definition) is 4. The molecule has 36 heavy (non-hydrogen) atoms. The van der Waals surface area contributed by atoms with Crippen molar-refractivity contribution in [2.75, 3.05) is 20.2 Å². The maximum Gasteiger partial charge on any atom is 0.255 e. The Labute approximate surface area is 212 Å². The van der Waals surface area contributed by atoms with Gasteiger partial charge in [0.05, 0.1) is 19.2 Å². The number of benzene rings is 3. The van der Waals surface area contributed by atoms with Crippen molar-refractivity contribution in [3.8, 4) is 17.0 Å². The van der Waals surface area contributed by atoms with Gasteiger partial charge in [0, 0.05) is 37.4 Å². The second-order valence-electron chi connectivity index (χ2n) is 9.28. The molecule has 1 aromatic heterocycles. The molecular formula is C30H32N4O2. The normalized spacial score (nSPS) is 14.5. The van der Waals surface area contributed by atoms with Gasteiger partial charge >= 0.3 is 0 Å². The summed E-state index contributed by atoms with van der Waals surface area (Å²) in [6, 6.07) is 28.6. The van der Waals surface area contributed by atoms with Crippen LogP contribution in [-0.2, 0) is 13.1 Å². The zero-order chi connectivity index (χ0) is 24.7. The zero-order valence-electron chi connectivity index (χ0n) is 20.6. The molecule has 1 fully saturated rings. The van der Waals surface area contributed by atoms with Gasteiger partial charge in [0.1, 0.15) is 11.4 Å². The second-order valence-corrected chi connectivity index (χ2v) is 9.28. The largest absolute Gasteiger partial charge is 0.496 e. The number of nitrogens with one attached hydrogen (secondary N) is 1. The first kappa shape index (κ1) is 23.8. The van der Waals surface area contributed by atoms with E-state index >= 15 is 0 Å². The van der Waals surface area contributed by atoms with Crippen molar-refractivity contribution in [3.05, 3.63) is 108 Å². The average Bonchev–Trinajstić information content (AvgIpc) is 3.34. The fraction of sp³-hybridized carbons (Fsp3) is 0.267. The van der Waals surface area contributed by atoms with Crippen LogP contribution in [0.15, 0.2) is 91.1 Å². The van der Waals surface area contributed by atoms with E-state index in [0.29, 0.717) is 23.6 Å². The summed E-state index contributed by atoms with van der Waals surface area (Å²) in [5, 5.41) is 8.11. The SMILES string of the molecule is COc1ccccc1-c1nn(Cc2ccccc2)cc1C(=O)NC1CCN(Cc2ccccc2)CC1. The van der Waals surface area contributed by atoms with Gasteiger partial charge in [-0.2, -0.15) is 5.10 Å². The number of amides is 1. The molecule has 3 aromatic carbocycles. The lowest BCUT2D eigenvalue weighted by molar-refractivity contribution is 0.0909. The fourth-order valence-electron chi connectivity index (χ4n) is 4.82. The average molecular weight is 481 g/mol. The number of nitrogens with zero attached hydrogens (tertiary/aromatic N) is 3. The zero-order valence-corrected chi connectivity index (χ0v) is 20.6. The number of carbonyl (C=O) groups excluding carboxylic acids is 1. The minimum absolute atomic E-state index is 0.0864. The van der Waals surface area contributed by atoms with Crippen LogP contribution in [0.3, 0.4) is 0 Å². The van der Waals surface area contributed by atoms with Crippen LogP contribution in [0, 0.1) is 0 Å². The third-order valence-corrected chi connectivity index (χ3v) is 6.73. The third kappa shape index (κ3) is 5.66. The Kier molecular flexibility index (Phi) is 7.43. The van der Waals surface area contributed by atoms with Crippen LogP contribution in [0.2, 0.25) is 0 Å². The molecule has 5 rings (SSSR count). The first-order valence-corrected chi connectivity index (χ1v) is 12.5. The summed E-state index contributed by atoms with van der Waals surface area (Å²) in [6.07, 6.45) is 3.72. The van der Waals surface area contributed by atoms with Gasteiger partial charge in [-0.15, -0.1) is 0 Å². The van der Waals surface area contributed by atoms with Crippen LogP contribution < -0.4 is 10.1 Å². The number of rotatable bonds is 8. The molecule has 184 valence electrons. The van der Waals surface area contributed by atoms with E-state index in [1.54, 1.807) is 7.11 Å². The molecule has 0 unspecified atom stereocenters. The van der Waals surface area contributed by atoms with Crippen LogP contribution in [0.25, 0.3) is 11.3 Å². The number of hydrogen-bond donors (Lipinski definition) is 1. The smallest absolute Gasteiger partial charge is 0.255 e. The number of carbonyl (C=O) groups is 1. The van der Waals surface area contributed by atoms with Crippen molar-refractivity contribution >= 4 is 5.91 Å². The maximum absolute atomic E-state index is 13.5. The van der Waals surface area contributed by atoms with Gasteiger partial charge in [-0.3, -0.25) is 14.4 Å². The van der Waals surface area contributed by atoms with Crippen molar-refractivity contribution in [3.63, 3.8) is 0 Å². The van der Waals surface area contributed by atoms with Crippen LogP contribution >= 0.6 is 0 Å². The summed E-state index contributed by atoms with van der Waals surface area (Å²) in [4.78, 5) is 16.0. The van der Waals surface area contributed by atoms with E-state index in [1.165, 1.54) is 5.56 Å². The molecule has 6 heteroatoms. The molecule has 0 aliphatic carbocycles. The number of likely N-dealkylation sites (tertiary alicyclic amines) is 1. The van der Waals surface area contributed by atoms with E-state index < -0.39 is 0 Å². The molecule has 4 aromatic rings. The highest BCUT2D eigenvalue weighted by molar-refractivity contribution is 6.00. The van der Waals surface area contributed by atoms with Crippen LogP contribution in [0.5, 0.6) is 5.75 Å². The van der Waals surface area contributed by atoms with E-state index in [0.717, 1.165) is 43.6 Å². The van der Waals surface area contributed by atoms with Gasteiger partial charge < -0.3 is 10.1 Å². The second kappa shape index (κ2) is 11.2. The van der Waals surface area contributed by atoms with Crippen molar-refractivity contribution in [2.24, 2.45) is 0 Å². The fourth-order valence-corrected chi connectivity index (χ4v) is 4.82. The molecular weight excluding hydrogens is 448 g/mol. The highest BCUT2D eigenvalue weighted by Crippen LogP contribution is 2.31. The first-order valence-electron chi connectivity index (χ1n) is 12.5. The van der Waals surface area contributed by atoms with Gasteiger partial charge in [0.2, 0.25) is 0 Å². The number of aromatic nitrogens is 2. The quantitative estimate of drug-likeness (QED) is 0.386. The highest BCUT2D eigenvalue weighted by Gasteiger charge is 2.25. The lowest BCUT2D eigenvalue weighted by Crippen LogP contribution is -2.44. The Morgan fingerprint density at radius 2 is 1.50 bits per heavy atom. The topological polar surface area (TPSA) is 59.4 Å². The maximum atomic E-state index is 13.5. The number of ether oxygens (including phenoxy) is 1. The lowest BCUT2D eigenvalue weighted by atomic mass is 10.0. The van der Waals surface area contributed by atoms with Crippen molar-refractivity contribution in [2.45, 2.75) is 32.0 Å². The molecule has 0 radical (unpaired) electrons. The van der Waals surface area contributed by atoms with Gasteiger partial charge in [-0.25, -0.2) is 0 Å². The summed E-state index contributed by atoms with van der Waals surface area (Å²) in [6.45, 7) is 3.47. The van der Waals surface area contributed by atoms with Crippen LogP contribution in [0.4, 0.5) is 0 Å². The van der Waals surface area contributed by atoms with E-state index in [1.807, 2.05) is 59.4 Å². The monoisotopic (exact) mass is 480 g/mol. The Bertz CT molecular complexity index is 1280. The molecule has 6 nitrogen and oxygen atoms in total. The summed E-state index contributed by atoms with van der Waals surface area (Å²) in [5.41, 5.74) is 4.48. The molecule has 1 amide bonds. The van der Waals surface area contributed by atoms with E-state index in [4.69, 9.17) is 9.84 Å². The summed E-state index contributed by atoms with van der Waals surface area (Å²) < 4.78 is 7.43. The summed E-state index contributed by atoms with van der Waals surface area (Å²) >= 11 is 0. The Morgan fingerprint density at radius 1 is 0.889 bits per heavy atom. The van der Waals surface area contributed by atoms with E-state index in [-0.39, 0.29) is 11.9 Å². The number of piperidine rings is 1. The van der Waals surface area contributed by atoms with Crippen molar-refractivity contribution in [1.29, 1.82) is 0 Å². The molecule has 2 heterocycles. The molecule has 1 aliphatic rings. The van der Waals surface area contributed by atoms with Crippen molar-refractivity contribution in [1.82, 2.24) is 20.0 Å². The predicted octanol–water partition coefficient (Wildman–Crippen LogP) is 5.00. The van der Waals surface area contributed by atoms with Crippen LogP contribution in [0.1, 0.15) is 34.3 Å². The summed E-state index contributed by atoms with van der Waals surface area (Å²) in [7, 11) is 1.64. The van der Waals surface area contributed by atoms with Gasteiger partial charge in [-0.1, -0.05) is 72.8 Å². The molecule has 1 saturated heterocycles.